The lowest BCUT2D eigenvalue weighted by molar-refractivity contribution is 0.457. The molecule has 1 heterocycles. The van der Waals surface area contributed by atoms with Gasteiger partial charge in [-0.1, -0.05) is 19.1 Å². The van der Waals surface area contributed by atoms with Crippen LogP contribution >= 0.6 is 15.9 Å². The van der Waals surface area contributed by atoms with Crippen LogP contribution in [0.1, 0.15) is 44.2 Å². The lowest BCUT2D eigenvalue weighted by Crippen LogP contribution is -2.25. The van der Waals surface area contributed by atoms with E-state index in [1.54, 1.807) is 12.4 Å². The van der Waals surface area contributed by atoms with E-state index >= 15 is 0 Å². The molecule has 0 radical (unpaired) electrons. The normalized spacial score (nSPS) is 12.9. The van der Waals surface area contributed by atoms with Gasteiger partial charge in [-0.3, -0.25) is 0 Å². The van der Waals surface area contributed by atoms with Gasteiger partial charge >= 0.3 is 0 Å². The lowest BCUT2D eigenvalue weighted by Gasteiger charge is -2.20. The minimum atomic E-state index is -0.223. The van der Waals surface area contributed by atoms with E-state index in [0.717, 1.165) is 12.4 Å². The molecule has 2 rings (SSSR count). The van der Waals surface area contributed by atoms with Crippen molar-refractivity contribution in [3.8, 4) is 0 Å². The minimum absolute atomic E-state index is 0.130. The second-order valence-corrected chi connectivity index (χ2v) is 6.03. The fraction of sp³-hybridized carbons (Fsp3) is 0.467. The van der Waals surface area contributed by atoms with Crippen molar-refractivity contribution in [2.24, 2.45) is 0 Å². The predicted octanol–water partition coefficient (Wildman–Crippen LogP) is 3.65. The van der Waals surface area contributed by atoms with Crippen LogP contribution in [0.3, 0.4) is 0 Å². The largest absolute Gasteiger partial charge is 0.310 e. The van der Waals surface area contributed by atoms with Gasteiger partial charge in [0.1, 0.15) is 18.0 Å². The molecule has 1 unspecified atom stereocenters. The van der Waals surface area contributed by atoms with Gasteiger partial charge in [0.05, 0.1) is 4.47 Å². The van der Waals surface area contributed by atoms with E-state index in [-0.39, 0.29) is 17.9 Å². The van der Waals surface area contributed by atoms with Crippen LogP contribution in [-0.4, -0.2) is 21.3 Å². The number of rotatable bonds is 6. The maximum Gasteiger partial charge on any atom is 0.142 e. The molecule has 0 spiro atoms. The monoisotopic (exact) mass is 354 g/mol. The summed E-state index contributed by atoms with van der Waals surface area (Å²) < 4.78 is 16.7. The molecule has 0 bridgehead atoms. The number of hydrogen-bond acceptors (Lipinski definition) is 3. The Bertz CT molecular complexity index is 597. The molecule has 1 atom stereocenters. The minimum Gasteiger partial charge on any atom is -0.310 e. The molecular formula is C15H20BrFN4. The van der Waals surface area contributed by atoms with E-state index in [0.29, 0.717) is 16.5 Å². The highest BCUT2D eigenvalue weighted by Gasteiger charge is 2.20. The number of nitrogens with zero attached hydrogens (tertiary/aromatic N) is 3. The Morgan fingerprint density at radius 3 is 2.81 bits per heavy atom. The summed E-state index contributed by atoms with van der Waals surface area (Å²) >= 11 is 3.25. The molecular weight excluding hydrogens is 335 g/mol. The zero-order valence-electron chi connectivity index (χ0n) is 12.5. The lowest BCUT2D eigenvalue weighted by atomic mass is 10.0. The van der Waals surface area contributed by atoms with E-state index in [2.05, 4.69) is 45.2 Å². The van der Waals surface area contributed by atoms with E-state index < -0.39 is 0 Å². The van der Waals surface area contributed by atoms with Crippen LogP contribution in [0, 0.1) is 5.82 Å². The van der Waals surface area contributed by atoms with E-state index in [4.69, 9.17) is 0 Å². The predicted molar refractivity (Wildman–Crippen MR) is 84.6 cm³/mol. The smallest absolute Gasteiger partial charge is 0.142 e. The average Bonchev–Trinajstić information content (AvgIpc) is 2.90. The van der Waals surface area contributed by atoms with Crippen molar-refractivity contribution >= 4 is 15.9 Å². The highest BCUT2D eigenvalue weighted by atomic mass is 79.9. The van der Waals surface area contributed by atoms with Crippen molar-refractivity contribution in [2.75, 3.05) is 6.54 Å². The molecule has 1 aromatic carbocycles. The van der Waals surface area contributed by atoms with Crippen molar-refractivity contribution in [3.63, 3.8) is 0 Å². The van der Waals surface area contributed by atoms with Gasteiger partial charge in [0.25, 0.3) is 0 Å². The van der Waals surface area contributed by atoms with Crippen LogP contribution in [-0.2, 0) is 6.42 Å². The molecule has 0 aliphatic rings. The maximum atomic E-state index is 14.3. The van der Waals surface area contributed by atoms with Gasteiger partial charge in [0.15, 0.2) is 0 Å². The Labute approximate surface area is 132 Å². The first-order chi connectivity index (χ1) is 10.0. The fourth-order valence-corrected chi connectivity index (χ4v) is 2.74. The van der Waals surface area contributed by atoms with E-state index in [1.165, 1.54) is 0 Å². The highest BCUT2D eigenvalue weighted by Crippen LogP contribution is 2.26. The van der Waals surface area contributed by atoms with Gasteiger partial charge < -0.3 is 5.32 Å². The Morgan fingerprint density at radius 2 is 2.14 bits per heavy atom. The van der Waals surface area contributed by atoms with Crippen LogP contribution < -0.4 is 5.32 Å². The summed E-state index contributed by atoms with van der Waals surface area (Å²) in [5.41, 5.74) is 0.643. The SMILES string of the molecule is CCNC(Cc1ncnn1C(C)C)c1cccc(Br)c1F. The first-order valence-corrected chi connectivity index (χ1v) is 7.89. The third-order valence-corrected chi connectivity index (χ3v) is 3.94. The second-order valence-electron chi connectivity index (χ2n) is 5.17. The number of hydrogen-bond donors (Lipinski definition) is 1. The number of likely N-dealkylation sites (N-methyl/N-ethyl adjacent to an activating group) is 1. The van der Waals surface area contributed by atoms with Crippen molar-refractivity contribution in [1.82, 2.24) is 20.1 Å². The molecule has 0 fully saturated rings. The molecule has 0 aliphatic carbocycles. The van der Waals surface area contributed by atoms with Crippen LogP contribution in [0.4, 0.5) is 4.39 Å². The first kappa shape index (κ1) is 16.1. The molecule has 0 saturated carbocycles. The Hall–Kier alpha value is -1.27. The number of nitrogens with one attached hydrogen (secondary N) is 1. The summed E-state index contributed by atoms with van der Waals surface area (Å²) in [5.74, 6) is 0.634. The zero-order chi connectivity index (χ0) is 15.4. The maximum absolute atomic E-state index is 14.3. The summed E-state index contributed by atoms with van der Waals surface area (Å²) in [5, 5.41) is 7.57. The van der Waals surface area contributed by atoms with Crippen molar-refractivity contribution in [3.05, 3.63) is 46.2 Å². The molecule has 2 aromatic rings. The van der Waals surface area contributed by atoms with Gasteiger partial charge in [-0.25, -0.2) is 14.1 Å². The summed E-state index contributed by atoms with van der Waals surface area (Å²) in [6, 6.07) is 5.47. The Balaban J connectivity index is 2.31. The van der Waals surface area contributed by atoms with Crippen molar-refractivity contribution in [2.45, 2.75) is 39.3 Å². The zero-order valence-corrected chi connectivity index (χ0v) is 14.1. The second kappa shape index (κ2) is 7.13. The quantitative estimate of drug-likeness (QED) is 0.860. The summed E-state index contributed by atoms with van der Waals surface area (Å²) in [6.07, 6.45) is 2.15. The molecule has 6 heteroatoms. The number of aromatic nitrogens is 3. The summed E-state index contributed by atoms with van der Waals surface area (Å²) in [4.78, 5) is 4.31. The van der Waals surface area contributed by atoms with E-state index in [1.807, 2.05) is 23.7 Å². The Morgan fingerprint density at radius 1 is 1.38 bits per heavy atom. The topological polar surface area (TPSA) is 42.7 Å². The van der Waals surface area contributed by atoms with Crippen LogP contribution in [0.25, 0.3) is 0 Å². The molecule has 0 amide bonds. The van der Waals surface area contributed by atoms with Crippen LogP contribution in [0.15, 0.2) is 29.0 Å². The van der Waals surface area contributed by atoms with Gasteiger partial charge in [0.2, 0.25) is 0 Å². The number of halogens is 2. The molecule has 114 valence electrons. The average molecular weight is 355 g/mol. The van der Waals surface area contributed by atoms with Crippen LogP contribution in [0.5, 0.6) is 0 Å². The number of benzene rings is 1. The first-order valence-electron chi connectivity index (χ1n) is 7.10. The highest BCUT2D eigenvalue weighted by molar-refractivity contribution is 9.10. The van der Waals surface area contributed by atoms with Gasteiger partial charge in [-0.15, -0.1) is 0 Å². The van der Waals surface area contributed by atoms with Gasteiger partial charge in [-0.2, -0.15) is 5.10 Å². The molecule has 0 aliphatic heterocycles. The molecule has 21 heavy (non-hydrogen) atoms. The fourth-order valence-electron chi connectivity index (χ4n) is 2.36. The van der Waals surface area contributed by atoms with E-state index in [9.17, 15) is 4.39 Å². The Kier molecular flexibility index (Phi) is 5.47. The van der Waals surface area contributed by atoms with Crippen molar-refractivity contribution < 1.29 is 4.39 Å². The molecule has 1 aromatic heterocycles. The molecule has 1 N–H and O–H groups in total. The standard InChI is InChI=1S/C15H20BrFN4/c1-4-18-13(11-6-5-7-12(16)15(11)17)8-14-19-9-20-21(14)10(2)3/h5-7,9-10,13,18H,4,8H2,1-3H3. The summed E-state index contributed by atoms with van der Waals surface area (Å²) in [6.45, 7) is 6.88. The van der Waals surface area contributed by atoms with Gasteiger partial charge in [-0.05, 0) is 42.4 Å². The summed E-state index contributed by atoms with van der Waals surface area (Å²) in [7, 11) is 0. The van der Waals surface area contributed by atoms with Gasteiger partial charge in [0, 0.05) is 24.1 Å². The molecule has 4 nitrogen and oxygen atoms in total. The van der Waals surface area contributed by atoms with Crippen LogP contribution in [0.2, 0.25) is 0 Å². The molecule has 0 saturated heterocycles. The third-order valence-electron chi connectivity index (χ3n) is 3.33. The third kappa shape index (κ3) is 3.68. The van der Waals surface area contributed by atoms with Crippen molar-refractivity contribution in [1.29, 1.82) is 0 Å².